The summed E-state index contributed by atoms with van der Waals surface area (Å²) in [4.78, 5) is 4.38. The van der Waals surface area contributed by atoms with Gasteiger partial charge in [-0.3, -0.25) is 9.78 Å². The molecule has 3 aromatic heterocycles. The first-order valence-corrected chi connectivity index (χ1v) is 8.34. The highest BCUT2D eigenvalue weighted by Gasteiger charge is 2.20. The highest BCUT2D eigenvalue weighted by atomic mass is 16.5. The number of fused-ring (bicyclic) bond motifs is 1. The van der Waals surface area contributed by atoms with E-state index in [0.29, 0.717) is 11.9 Å². The van der Waals surface area contributed by atoms with Crippen LogP contribution in [0, 0.1) is 0 Å². The molecule has 1 saturated heterocycles. The largest absolute Gasteiger partial charge is 0.474 e. The predicted molar refractivity (Wildman–Crippen MR) is 90.0 cm³/mol. The highest BCUT2D eigenvalue weighted by molar-refractivity contribution is 5.96. The van der Waals surface area contributed by atoms with E-state index in [4.69, 9.17) is 9.47 Å². The molecule has 0 aliphatic carbocycles. The average molecular weight is 327 g/mol. The van der Waals surface area contributed by atoms with E-state index in [9.17, 15) is 0 Å². The number of rotatable bonds is 4. The first kappa shape index (κ1) is 15.1. The zero-order chi connectivity index (χ0) is 16.5. The third kappa shape index (κ3) is 2.75. The topological polar surface area (TPSA) is 77.9 Å². The minimum Gasteiger partial charge on any atom is -0.474 e. The molecule has 24 heavy (non-hydrogen) atoms. The van der Waals surface area contributed by atoms with Gasteiger partial charge in [0, 0.05) is 31.2 Å². The summed E-state index contributed by atoms with van der Waals surface area (Å²) in [6.07, 6.45) is 7.68. The summed E-state index contributed by atoms with van der Waals surface area (Å²) in [6.45, 7) is 5.57. The molecular formula is C17H21N5O2. The van der Waals surface area contributed by atoms with Crippen LogP contribution in [0.3, 0.4) is 0 Å². The van der Waals surface area contributed by atoms with E-state index in [1.165, 1.54) is 0 Å². The highest BCUT2D eigenvalue weighted by Crippen LogP contribution is 2.33. The maximum absolute atomic E-state index is 5.86. The first-order valence-electron chi connectivity index (χ1n) is 8.34. The number of hydrogen-bond donors (Lipinski definition) is 1. The number of H-pyrrole nitrogens is 1. The summed E-state index contributed by atoms with van der Waals surface area (Å²) in [6, 6.07) is 2.30. The van der Waals surface area contributed by atoms with Gasteiger partial charge in [-0.15, -0.1) is 0 Å². The van der Waals surface area contributed by atoms with Gasteiger partial charge in [0.25, 0.3) is 0 Å². The Morgan fingerprint density at radius 1 is 1.33 bits per heavy atom. The number of nitrogens with one attached hydrogen (secondary N) is 1. The quantitative estimate of drug-likeness (QED) is 0.797. The third-order valence-electron chi connectivity index (χ3n) is 4.23. The minimum absolute atomic E-state index is 0.0517. The maximum Gasteiger partial charge on any atom is 0.225 e. The van der Waals surface area contributed by atoms with E-state index in [0.717, 1.165) is 48.2 Å². The lowest BCUT2D eigenvalue weighted by molar-refractivity contribution is 0.0662. The van der Waals surface area contributed by atoms with Crippen molar-refractivity contribution in [1.29, 1.82) is 0 Å². The molecule has 1 aliphatic rings. The van der Waals surface area contributed by atoms with E-state index in [1.54, 1.807) is 6.20 Å². The van der Waals surface area contributed by atoms with Crippen LogP contribution in [-0.4, -0.2) is 44.3 Å². The molecule has 4 heterocycles. The molecule has 7 heteroatoms. The second-order valence-corrected chi connectivity index (χ2v) is 6.33. The van der Waals surface area contributed by atoms with Crippen molar-refractivity contribution in [3.05, 3.63) is 24.7 Å². The lowest BCUT2D eigenvalue weighted by Crippen LogP contribution is -2.19. The molecule has 7 nitrogen and oxygen atoms in total. The predicted octanol–water partition coefficient (Wildman–Crippen LogP) is 2.96. The fourth-order valence-corrected chi connectivity index (χ4v) is 3.07. The molecule has 1 aliphatic heterocycles. The van der Waals surface area contributed by atoms with Gasteiger partial charge in [-0.1, -0.05) is 0 Å². The number of aromatic amines is 1. The van der Waals surface area contributed by atoms with E-state index in [-0.39, 0.29) is 6.10 Å². The molecule has 0 unspecified atom stereocenters. The van der Waals surface area contributed by atoms with Crippen LogP contribution >= 0.6 is 0 Å². The van der Waals surface area contributed by atoms with Gasteiger partial charge in [0.05, 0.1) is 29.2 Å². The molecule has 3 aromatic rings. The Kier molecular flexibility index (Phi) is 3.93. The Morgan fingerprint density at radius 2 is 2.17 bits per heavy atom. The van der Waals surface area contributed by atoms with E-state index in [1.807, 2.05) is 30.8 Å². The molecule has 1 N–H and O–H groups in total. The number of nitrogens with zero attached hydrogens (tertiary/aromatic N) is 4. The van der Waals surface area contributed by atoms with E-state index < -0.39 is 0 Å². The van der Waals surface area contributed by atoms with Crippen LogP contribution in [-0.2, 0) is 4.74 Å². The summed E-state index contributed by atoms with van der Waals surface area (Å²) in [5.74, 6) is 0.602. The zero-order valence-electron chi connectivity index (χ0n) is 13.9. The monoisotopic (exact) mass is 327 g/mol. The van der Waals surface area contributed by atoms with Crippen LogP contribution in [0.25, 0.3) is 22.2 Å². The van der Waals surface area contributed by atoms with Gasteiger partial charge in [-0.05, 0) is 32.8 Å². The van der Waals surface area contributed by atoms with Crippen molar-refractivity contribution in [3.8, 4) is 17.1 Å². The van der Waals surface area contributed by atoms with Gasteiger partial charge in [-0.2, -0.15) is 10.2 Å². The van der Waals surface area contributed by atoms with Gasteiger partial charge in [-0.25, -0.2) is 4.98 Å². The Morgan fingerprint density at radius 3 is 2.96 bits per heavy atom. The van der Waals surface area contributed by atoms with Crippen LogP contribution in [0.5, 0.6) is 5.88 Å². The zero-order valence-corrected chi connectivity index (χ0v) is 13.9. The molecule has 126 valence electrons. The number of aromatic nitrogens is 5. The fraction of sp³-hybridized carbons (Fsp3) is 0.471. The summed E-state index contributed by atoms with van der Waals surface area (Å²) < 4.78 is 13.3. The lowest BCUT2D eigenvalue weighted by Gasteiger charge is -2.22. The first-order chi connectivity index (χ1) is 11.7. The number of pyridine rings is 1. The van der Waals surface area contributed by atoms with Crippen LogP contribution in [0.4, 0.5) is 0 Å². The molecule has 0 bridgehead atoms. The van der Waals surface area contributed by atoms with Gasteiger partial charge in [0.2, 0.25) is 5.88 Å². The van der Waals surface area contributed by atoms with Crippen LogP contribution < -0.4 is 4.74 Å². The molecule has 1 fully saturated rings. The number of hydrogen-bond acceptors (Lipinski definition) is 5. The summed E-state index contributed by atoms with van der Waals surface area (Å²) in [5, 5.41) is 13.0. The minimum atomic E-state index is 0.0517. The van der Waals surface area contributed by atoms with Crippen LogP contribution in [0.2, 0.25) is 0 Å². The van der Waals surface area contributed by atoms with Crippen molar-refractivity contribution < 1.29 is 9.47 Å². The average Bonchev–Trinajstić information content (AvgIpc) is 3.22. The molecule has 0 spiro atoms. The van der Waals surface area contributed by atoms with E-state index >= 15 is 0 Å². The van der Waals surface area contributed by atoms with Crippen molar-refractivity contribution in [2.45, 2.75) is 38.8 Å². The lowest BCUT2D eigenvalue weighted by atomic mass is 10.1. The Labute approximate surface area is 140 Å². The van der Waals surface area contributed by atoms with Gasteiger partial charge < -0.3 is 9.47 Å². The molecule has 0 radical (unpaired) electrons. The molecule has 4 rings (SSSR count). The Bertz CT molecular complexity index is 832. The Hall–Kier alpha value is -2.41. The van der Waals surface area contributed by atoms with Gasteiger partial charge >= 0.3 is 0 Å². The molecule has 0 amide bonds. The summed E-state index contributed by atoms with van der Waals surface area (Å²) >= 11 is 0. The van der Waals surface area contributed by atoms with E-state index in [2.05, 4.69) is 26.5 Å². The van der Waals surface area contributed by atoms with Crippen molar-refractivity contribution in [1.82, 2.24) is 25.0 Å². The van der Waals surface area contributed by atoms with Crippen molar-refractivity contribution in [3.63, 3.8) is 0 Å². The second kappa shape index (κ2) is 6.24. The van der Waals surface area contributed by atoms with Crippen LogP contribution in [0.15, 0.2) is 24.7 Å². The third-order valence-corrected chi connectivity index (χ3v) is 4.23. The van der Waals surface area contributed by atoms with Gasteiger partial charge in [0.1, 0.15) is 5.69 Å². The summed E-state index contributed by atoms with van der Waals surface area (Å²) in [7, 11) is 0. The van der Waals surface area contributed by atoms with Crippen molar-refractivity contribution in [2.24, 2.45) is 0 Å². The maximum atomic E-state index is 5.86. The molecule has 0 saturated carbocycles. The van der Waals surface area contributed by atoms with Gasteiger partial charge in [0.15, 0.2) is 0 Å². The Balaban J connectivity index is 1.72. The molecule has 0 aromatic carbocycles. The SMILES string of the molecule is CC(C)Oc1nccc2[nH]nc(-c3cnn(C4CCOCC4)c3)c12. The molecular weight excluding hydrogens is 306 g/mol. The molecule has 0 atom stereocenters. The number of ether oxygens (including phenoxy) is 2. The fourth-order valence-electron chi connectivity index (χ4n) is 3.07. The summed E-state index contributed by atoms with van der Waals surface area (Å²) in [5.41, 5.74) is 2.70. The van der Waals surface area contributed by atoms with Crippen molar-refractivity contribution in [2.75, 3.05) is 13.2 Å². The van der Waals surface area contributed by atoms with Crippen molar-refractivity contribution >= 4 is 10.9 Å². The standard InChI is InChI=1S/C17H21N5O2/c1-11(2)24-17-15-14(3-6-18-17)20-21-16(15)12-9-19-22(10-12)13-4-7-23-8-5-13/h3,6,9-11,13H,4-5,7-8H2,1-2H3,(H,20,21). The smallest absolute Gasteiger partial charge is 0.225 e. The normalized spacial score (nSPS) is 16.1. The second-order valence-electron chi connectivity index (χ2n) is 6.33. The van der Waals surface area contributed by atoms with Crippen LogP contribution in [0.1, 0.15) is 32.7 Å².